The number of nitrogens with zero attached hydrogens (tertiary/aromatic N) is 3. The lowest BCUT2D eigenvalue weighted by Crippen LogP contribution is -2.43. The topological polar surface area (TPSA) is 28.6 Å². The summed E-state index contributed by atoms with van der Waals surface area (Å²) in [6.45, 7) is 5.58. The normalized spacial score (nSPS) is 18.6. The number of methoxy groups -OCH3 is 1. The Kier molecular flexibility index (Phi) is 3.74. The lowest BCUT2D eigenvalue weighted by Gasteiger charge is -2.32. The molecule has 4 heteroatoms. The minimum absolute atomic E-state index is 0.701. The van der Waals surface area contributed by atoms with Gasteiger partial charge in [-0.2, -0.15) is 0 Å². The first-order valence-electron chi connectivity index (χ1n) is 5.68. The summed E-state index contributed by atoms with van der Waals surface area (Å²) < 4.78 is 5.12. The van der Waals surface area contributed by atoms with Gasteiger partial charge in [0, 0.05) is 45.0 Å². The third-order valence-electron chi connectivity index (χ3n) is 3.01. The molecule has 0 aliphatic carbocycles. The Morgan fingerprint density at radius 3 is 2.75 bits per heavy atom. The van der Waals surface area contributed by atoms with Crippen LogP contribution < -0.4 is 4.74 Å². The van der Waals surface area contributed by atoms with Crippen molar-refractivity contribution in [3.63, 3.8) is 0 Å². The van der Waals surface area contributed by atoms with E-state index in [0.29, 0.717) is 5.88 Å². The minimum atomic E-state index is 0.701. The zero-order valence-electron chi connectivity index (χ0n) is 10.0. The monoisotopic (exact) mass is 221 g/mol. The van der Waals surface area contributed by atoms with Gasteiger partial charge in [0.1, 0.15) is 0 Å². The second-order valence-electron chi connectivity index (χ2n) is 4.29. The molecule has 0 spiro atoms. The quantitative estimate of drug-likeness (QED) is 0.756. The predicted molar refractivity (Wildman–Crippen MR) is 63.6 cm³/mol. The molecule has 0 aromatic carbocycles. The van der Waals surface area contributed by atoms with Crippen molar-refractivity contribution in [3.05, 3.63) is 23.9 Å². The highest BCUT2D eigenvalue weighted by atomic mass is 16.5. The van der Waals surface area contributed by atoms with Crippen molar-refractivity contribution in [1.29, 1.82) is 0 Å². The molecule has 1 aromatic heterocycles. The second kappa shape index (κ2) is 5.27. The van der Waals surface area contributed by atoms with Crippen molar-refractivity contribution in [3.8, 4) is 5.88 Å². The maximum atomic E-state index is 5.12. The van der Waals surface area contributed by atoms with Crippen molar-refractivity contribution in [2.75, 3.05) is 40.3 Å². The van der Waals surface area contributed by atoms with Crippen LogP contribution in [0.25, 0.3) is 0 Å². The van der Waals surface area contributed by atoms with Crippen LogP contribution in [-0.2, 0) is 6.54 Å². The van der Waals surface area contributed by atoms with Gasteiger partial charge in [-0.3, -0.25) is 4.90 Å². The van der Waals surface area contributed by atoms with Crippen molar-refractivity contribution < 1.29 is 4.74 Å². The maximum Gasteiger partial charge on any atom is 0.213 e. The minimum Gasteiger partial charge on any atom is -0.481 e. The van der Waals surface area contributed by atoms with Gasteiger partial charge in [-0.1, -0.05) is 0 Å². The molecule has 0 atom stereocenters. The number of hydrogen-bond donors (Lipinski definition) is 0. The molecular formula is C12H19N3O. The maximum absolute atomic E-state index is 5.12. The first kappa shape index (κ1) is 11.4. The van der Waals surface area contributed by atoms with Crippen molar-refractivity contribution in [2.45, 2.75) is 6.54 Å². The van der Waals surface area contributed by atoms with Gasteiger partial charge < -0.3 is 9.64 Å². The van der Waals surface area contributed by atoms with Crippen LogP contribution in [0.5, 0.6) is 5.88 Å². The molecule has 0 N–H and O–H groups in total. The fourth-order valence-corrected chi connectivity index (χ4v) is 1.92. The van der Waals surface area contributed by atoms with E-state index in [1.165, 1.54) is 5.56 Å². The summed E-state index contributed by atoms with van der Waals surface area (Å²) in [4.78, 5) is 8.95. The molecule has 1 fully saturated rings. The predicted octanol–water partition coefficient (Wildman–Crippen LogP) is 0.838. The van der Waals surface area contributed by atoms with E-state index in [2.05, 4.69) is 27.9 Å². The van der Waals surface area contributed by atoms with Crippen molar-refractivity contribution in [1.82, 2.24) is 14.8 Å². The lowest BCUT2D eigenvalue weighted by molar-refractivity contribution is 0.148. The highest BCUT2D eigenvalue weighted by Gasteiger charge is 2.13. The summed E-state index contributed by atoms with van der Waals surface area (Å²) in [5.41, 5.74) is 1.27. The van der Waals surface area contributed by atoms with E-state index in [9.17, 15) is 0 Å². The molecule has 4 nitrogen and oxygen atoms in total. The number of hydrogen-bond acceptors (Lipinski definition) is 4. The summed E-state index contributed by atoms with van der Waals surface area (Å²) in [6, 6.07) is 4.07. The molecule has 0 saturated carbocycles. The number of ether oxygens (including phenoxy) is 1. The Balaban J connectivity index is 1.93. The van der Waals surface area contributed by atoms with Crippen LogP contribution in [0, 0.1) is 0 Å². The van der Waals surface area contributed by atoms with E-state index in [-0.39, 0.29) is 0 Å². The molecule has 0 bridgehead atoms. The molecular weight excluding hydrogens is 202 g/mol. The van der Waals surface area contributed by atoms with Crippen LogP contribution in [0.3, 0.4) is 0 Å². The van der Waals surface area contributed by atoms with Gasteiger partial charge in [-0.15, -0.1) is 0 Å². The van der Waals surface area contributed by atoms with Gasteiger partial charge in [0.05, 0.1) is 7.11 Å². The molecule has 88 valence electrons. The van der Waals surface area contributed by atoms with Crippen LogP contribution in [0.1, 0.15) is 5.56 Å². The lowest BCUT2D eigenvalue weighted by atomic mass is 10.2. The largest absolute Gasteiger partial charge is 0.481 e. The third-order valence-corrected chi connectivity index (χ3v) is 3.01. The fraction of sp³-hybridized carbons (Fsp3) is 0.583. The van der Waals surface area contributed by atoms with E-state index < -0.39 is 0 Å². The SMILES string of the molecule is COc1cc(CN2CCN(C)CC2)ccn1. The fourth-order valence-electron chi connectivity index (χ4n) is 1.92. The number of aromatic nitrogens is 1. The molecule has 1 aliphatic heterocycles. The summed E-state index contributed by atoms with van der Waals surface area (Å²) in [6.07, 6.45) is 1.81. The van der Waals surface area contributed by atoms with Gasteiger partial charge in [-0.05, 0) is 18.7 Å². The Hall–Kier alpha value is -1.13. The Labute approximate surface area is 96.8 Å². The molecule has 1 aliphatic rings. The summed E-state index contributed by atoms with van der Waals surface area (Å²) in [5.74, 6) is 0.701. The average molecular weight is 221 g/mol. The second-order valence-corrected chi connectivity index (χ2v) is 4.29. The smallest absolute Gasteiger partial charge is 0.213 e. The van der Waals surface area contributed by atoms with Crippen molar-refractivity contribution >= 4 is 0 Å². The van der Waals surface area contributed by atoms with Crippen LogP contribution >= 0.6 is 0 Å². The molecule has 1 aromatic rings. The summed E-state index contributed by atoms with van der Waals surface area (Å²) in [7, 11) is 3.83. The molecule has 2 heterocycles. The van der Waals surface area contributed by atoms with E-state index in [1.807, 2.05) is 12.3 Å². The molecule has 0 amide bonds. The van der Waals surface area contributed by atoms with Gasteiger partial charge >= 0.3 is 0 Å². The standard InChI is InChI=1S/C12H19N3O/c1-14-5-7-15(8-6-14)10-11-3-4-13-12(9-11)16-2/h3-4,9H,5-8,10H2,1-2H3. The van der Waals surface area contributed by atoms with Crippen LogP contribution in [0.2, 0.25) is 0 Å². The molecule has 1 saturated heterocycles. The molecule has 16 heavy (non-hydrogen) atoms. The van der Waals surface area contributed by atoms with Gasteiger partial charge in [0.15, 0.2) is 0 Å². The van der Waals surface area contributed by atoms with Gasteiger partial charge in [-0.25, -0.2) is 4.98 Å². The van der Waals surface area contributed by atoms with Gasteiger partial charge in [0.25, 0.3) is 0 Å². The summed E-state index contributed by atoms with van der Waals surface area (Å²) in [5, 5.41) is 0. The first-order chi connectivity index (χ1) is 7.78. The van der Waals surface area contributed by atoms with E-state index >= 15 is 0 Å². The number of piperazine rings is 1. The molecule has 0 radical (unpaired) electrons. The van der Waals surface area contributed by atoms with E-state index in [0.717, 1.165) is 32.7 Å². The van der Waals surface area contributed by atoms with Crippen molar-refractivity contribution in [2.24, 2.45) is 0 Å². The Morgan fingerprint density at radius 2 is 2.06 bits per heavy atom. The zero-order chi connectivity index (χ0) is 11.4. The van der Waals surface area contributed by atoms with Crippen LogP contribution in [0.15, 0.2) is 18.3 Å². The van der Waals surface area contributed by atoms with Crippen LogP contribution in [-0.4, -0.2) is 55.1 Å². The molecule has 2 rings (SSSR count). The number of rotatable bonds is 3. The van der Waals surface area contributed by atoms with Crippen LogP contribution in [0.4, 0.5) is 0 Å². The number of pyridine rings is 1. The highest BCUT2D eigenvalue weighted by Crippen LogP contribution is 2.12. The number of likely N-dealkylation sites (N-methyl/N-ethyl adjacent to an activating group) is 1. The molecule has 0 unspecified atom stereocenters. The average Bonchev–Trinajstić information content (AvgIpc) is 2.32. The third kappa shape index (κ3) is 2.93. The highest BCUT2D eigenvalue weighted by molar-refractivity contribution is 5.20. The Bertz CT molecular complexity index is 335. The Morgan fingerprint density at radius 1 is 1.31 bits per heavy atom. The first-order valence-corrected chi connectivity index (χ1v) is 5.68. The van der Waals surface area contributed by atoms with Gasteiger partial charge in [0.2, 0.25) is 5.88 Å². The van der Waals surface area contributed by atoms with E-state index in [1.54, 1.807) is 7.11 Å². The van der Waals surface area contributed by atoms with E-state index in [4.69, 9.17) is 4.74 Å². The summed E-state index contributed by atoms with van der Waals surface area (Å²) >= 11 is 0. The zero-order valence-corrected chi connectivity index (χ0v) is 10.0.